The maximum Gasteiger partial charge on any atom is 0.363 e. The maximum atomic E-state index is 12.5. The molecule has 0 atom stereocenters. The van der Waals surface area contributed by atoms with Crippen LogP contribution in [0.2, 0.25) is 5.02 Å². The van der Waals surface area contributed by atoms with Gasteiger partial charge in [-0.2, -0.15) is 0 Å². The summed E-state index contributed by atoms with van der Waals surface area (Å²) in [5.41, 5.74) is 3.04. The first-order valence-electron chi connectivity index (χ1n) is 10.9. The van der Waals surface area contributed by atoms with Crippen molar-refractivity contribution in [3.05, 3.63) is 101 Å². The highest BCUT2D eigenvalue weighted by molar-refractivity contribution is 14.1. The third-order valence-corrected chi connectivity index (χ3v) is 6.40. The number of aliphatic imine (C=N–C) groups is 1. The van der Waals surface area contributed by atoms with Crippen molar-refractivity contribution in [1.29, 1.82) is 0 Å². The lowest BCUT2D eigenvalue weighted by Crippen LogP contribution is -2.06. The number of ether oxygens (including phenoxy) is 3. The monoisotopic (exact) mass is 618 g/mol. The average Bonchev–Trinajstić information content (AvgIpc) is 3.19. The van der Waals surface area contributed by atoms with Crippen molar-refractivity contribution in [2.24, 2.45) is 4.99 Å². The average molecular weight is 619 g/mol. The molecule has 184 valence electrons. The van der Waals surface area contributed by atoms with Gasteiger partial charge < -0.3 is 14.2 Å². The van der Waals surface area contributed by atoms with Crippen molar-refractivity contribution in [3.63, 3.8) is 0 Å². The van der Waals surface area contributed by atoms with Gasteiger partial charge in [-0.1, -0.05) is 35.9 Å². The number of esters is 1. The van der Waals surface area contributed by atoms with E-state index in [1.165, 1.54) is 18.2 Å². The molecule has 0 saturated heterocycles. The van der Waals surface area contributed by atoms with Crippen LogP contribution in [0.1, 0.15) is 29.2 Å². The molecular weight excluding hydrogens is 599 g/mol. The van der Waals surface area contributed by atoms with Gasteiger partial charge in [0.05, 0.1) is 25.7 Å². The van der Waals surface area contributed by atoms with Crippen molar-refractivity contribution in [2.45, 2.75) is 20.5 Å². The van der Waals surface area contributed by atoms with Crippen LogP contribution in [-0.4, -0.2) is 23.4 Å². The molecule has 0 amide bonds. The van der Waals surface area contributed by atoms with Crippen molar-refractivity contribution < 1.29 is 23.9 Å². The molecular formula is C26H20ClIN2O6. The number of rotatable bonds is 8. The van der Waals surface area contributed by atoms with E-state index in [4.69, 9.17) is 25.8 Å². The summed E-state index contributed by atoms with van der Waals surface area (Å²) in [5.74, 6) is 0.467. The normalized spacial score (nSPS) is 13.9. The number of benzene rings is 3. The lowest BCUT2D eigenvalue weighted by atomic mass is 10.1. The quantitative estimate of drug-likeness (QED) is 0.0942. The molecule has 0 spiro atoms. The summed E-state index contributed by atoms with van der Waals surface area (Å²) in [6.45, 7) is 4.72. The van der Waals surface area contributed by atoms with Gasteiger partial charge in [-0.3, -0.25) is 10.1 Å². The highest BCUT2D eigenvalue weighted by atomic mass is 127. The molecule has 0 unspecified atom stereocenters. The Balaban J connectivity index is 1.63. The first kappa shape index (κ1) is 25.6. The lowest BCUT2D eigenvalue weighted by Gasteiger charge is -2.15. The molecule has 0 N–H and O–H groups in total. The van der Waals surface area contributed by atoms with Gasteiger partial charge >= 0.3 is 5.97 Å². The molecule has 1 aliphatic rings. The van der Waals surface area contributed by atoms with Gasteiger partial charge in [-0.15, -0.1) is 0 Å². The van der Waals surface area contributed by atoms with Crippen LogP contribution in [0.3, 0.4) is 0 Å². The second-order valence-electron chi connectivity index (χ2n) is 7.74. The molecule has 0 radical (unpaired) electrons. The fourth-order valence-electron chi connectivity index (χ4n) is 3.47. The van der Waals surface area contributed by atoms with Crippen LogP contribution < -0.4 is 9.47 Å². The van der Waals surface area contributed by atoms with Crippen LogP contribution in [-0.2, 0) is 16.1 Å². The Labute approximate surface area is 225 Å². The zero-order valence-corrected chi connectivity index (χ0v) is 22.2. The molecule has 3 aromatic rings. The number of aryl methyl sites for hydroxylation is 1. The SMILES string of the molecule is CCOc1cc(/C=C2\N=C(c3ccc([N+](=O)[O-])cc3Cl)OC2=O)cc(I)c1OCc1ccccc1C. The first-order chi connectivity index (χ1) is 17.3. The summed E-state index contributed by atoms with van der Waals surface area (Å²) in [6, 6.07) is 15.5. The summed E-state index contributed by atoms with van der Waals surface area (Å²) < 4.78 is 18.0. The van der Waals surface area contributed by atoms with Gasteiger partial charge in [-0.25, -0.2) is 9.79 Å². The Hall–Kier alpha value is -3.44. The number of nitro benzene ring substituents is 1. The Bertz CT molecular complexity index is 1420. The predicted molar refractivity (Wildman–Crippen MR) is 145 cm³/mol. The van der Waals surface area contributed by atoms with Crippen LogP contribution in [0, 0.1) is 20.6 Å². The first-order valence-corrected chi connectivity index (χ1v) is 12.3. The summed E-state index contributed by atoms with van der Waals surface area (Å²) in [6.07, 6.45) is 1.57. The van der Waals surface area contributed by atoms with E-state index in [0.717, 1.165) is 14.7 Å². The molecule has 1 heterocycles. The van der Waals surface area contributed by atoms with Crippen LogP contribution in [0.5, 0.6) is 11.5 Å². The number of carbonyl (C=O) groups excluding carboxylic acids is 1. The Kier molecular flexibility index (Phi) is 7.90. The molecule has 0 fully saturated rings. The second kappa shape index (κ2) is 11.1. The van der Waals surface area contributed by atoms with Crippen LogP contribution >= 0.6 is 34.2 Å². The molecule has 0 bridgehead atoms. The van der Waals surface area contributed by atoms with Crippen molar-refractivity contribution in [1.82, 2.24) is 0 Å². The van der Waals surface area contributed by atoms with Crippen molar-refractivity contribution >= 4 is 57.8 Å². The van der Waals surface area contributed by atoms with E-state index in [2.05, 4.69) is 27.6 Å². The third-order valence-electron chi connectivity index (χ3n) is 5.28. The van der Waals surface area contributed by atoms with E-state index >= 15 is 0 Å². The van der Waals surface area contributed by atoms with Gasteiger partial charge in [0.2, 0.25) is 5.90 Å². The molecule has 0 aliphatic carbocycles. The molecule has 8 nitrogen and oxygen atoms in total. The predicted octanol–water partition coefficient (Wildman–Crippen LogP) is 6.48. The van der Waals surface area contributed by atoms with E-state index < -0.39 is 10.9 Å². The number of nitro groups is 1. The second-order valence-corrected chi connectivity index (χ2v) is 9.30. The minimum absolute atomic E-state index is 0.0240. The standard InChI is InChI=1S/C26H20ClIN2O6/c1-3-34-23-12-16(10-21(28)24(23)35-14-17-7-5-4-6-15(17)2)11-22-26(31)36-25(29-22)19-9-8-18(30(32)33)13-20(19)27/h4-13H,3,14H2,1-2H3/b22-11-. The number of carbonyl (C=O) groups is 1. The number of cyclic esters (lactones) is 1. The smallest absolute Gasteiger partial charge is 0.363 e. The Morgan fingerprint density at radius 3 is 2.64 bits per heavy atom. The number of nitrogens with zero attached hydrogens (tertiary/aromatic N) is 2. The maximum absolute atomic E-state index is 12.5. The van der Waals surface area contributed by atoms with Gasteiger partial charge in [0.25, 0.3) is 5.69 Å². The zero-order valence-electron chi connectivity index (χ0n) is 19.3. The van der Waals surface area contributed by atoms with E-state index in [9.17, 15) is 14.9 Å². The minimum Gasteiger partial charge on any atom is -0.490 e. The summed E-state index contributed by atoms with van der Waals surface area (Å²) in [4.78, 5) is 27.1. The largest absolute Gasteiger partial charge is 0.490 e. The number of non-ortho nitro benzene ring substituents is 1. The van der Waals surface area contributed by atoms with E-state index in [1.54, 1.807) is 12.1 Å². The molecule has 36 heavy (non-hydrogen) atoms. The van der Waals surface area contributed by atoms with Gasteiger partial charge in [0.15, 0.2) is 17.2 Å². The minimum atomic E-state index is -0.660. The van der Waals surface area contributed by atoms with Gasteiger partial charge in [0.1, 0.15) is 6.61 Å². The van der Waals surface area contributed by atoms with Crippen LogP contribution in [0.4, 0.5) is 5.69 Å². The summed E-state index contributed by atoms with van der Waals surface area (Å²) in [7, 11) is 0. The van der Waals surface area contributed by atoms with E-state index in [1.807, 2.05) is 44.2 Å². The fourth-order valence-corrected chi connectivity index (χ4v) is 4.51. The fraction of sp³-hybridized carbons (Fsp3) is 0.154. The van der Waals surface area contributed by atoms with Gasteiger partial charge in [0, 0.05) is 12.1 Å². The summed E-state index contributed by atoms with van der Waals surface area (Å²) >= 11 is 8.32. The highest BCUT2D eigenvalue weighted by Gasteiger charge is 2.27. The molecule has 0 saturated carbocycles. The molecule has 0 aromatic heterocycles. The number of halogens is 2. The van der Waals surface area contributed by atoms with Gasteiger partial charge in [-0.05, 0) is 77.4 Å². The molecule has 3 aromatic carbocycles. The third kappa shape index (κ3) is 5.68. The van der Waals surface area contributed by atoms with Crippen LogP contribution in [0.15, 0.2) is 65.3 Å². The Morgan fingerprint density at radius 1 is 1.17 bits per heavy atom. The lowest BCUT2D eigenvalue weighted by molar-refractivity contribution is -0.384. The topological polar surface area (TPSA) is 100 Å². The Morgan fingerprint density at radius 2 is 1.94 bits per heavy atom. The van der Waals surface area contributed by atoms with E-state index in [0.29, 0.717) is 30.3 Å². The van der Waals surface area contributed by atoms with E-state index in [-0.39, 0.29) is 27.9 Å². The molecule has 10 heteroatoms. The van der Waals surface area contributed by atoms with Crippen molar-refractivity contribution in [3.8, 4) is 11.5 Å². The number of hydrogen-bond acceptors (Lipinski definition) is 7. The molecule has 4 rings (SSSR count). The zero-order chi connectivity index (χ0) is 25.8. The number of hydrogen-bond donors (Lipinski definition) is 0. The summed E-state index contributed by atoms with van der Waals surface area (Å²) in [5, 5.41) is 11.0. The van der Waals surface area contributed by atoms with Crippen LogP contribution in [0.25, 0.3) is 6.08 Å². The van der Waals surface area contributed by atoms with Crippen molar-refractivity contribution in [2.75, 3.05) is 6.61 Å². The molecule has 1 aliphatic heterocycles. The highest BCUT2D eigenvalue weighted by Crippen LogP contribution is 2.36.